The second-order valence-electron chi connectivity index (χ2n) is 7.81. The molecule has 0 bridgehead atoms. The molecule has 30 heavy (non-hydrogen) atoms. The molecular weight excluding hydrogens is 392 g/mol. The zero-order valence-electron chi connectivity index (χ0n) is 18.9. The minimum absolute atomic E-state index is 0.00934. The molecular formula is C25H34N2O2S. The summed E-state index contributed by atoms with van der Waals surface area (Å²) in [7, 11) is 0. The highest BCUT2D eigenvalue weighted by Crippen LogP contribution is 2.35. The van der Waals surface area contributed by atoms with Crippen molar-refractivity contribution in [3.63, 3.8) is 0 Å². The molecule has 0 spiro atoms. The van der Waals surface area contributed by atoms with Crippen LogP contribution in [0, 0.1) is 13.8 Å². The zero-order valence-corrected chi connectivity index (χ0v) is 19.7. The number of nitrogens with one attached hydrogen (secondary N) is 1. The lowest BCUT2D eigenvalue weighted by Gasteiger charge is -2.25. The van der Waals surface area contributed by atoms with Gasteiger partial charge in [-0.3, -0.25) is 9.59 Å². The van der Waals surface area contributed by atoms with Gasteiger partial charge in [-0.25, -0.2) is 0 Å². The molecule has 0 saturated heterocycles. The summed E-state index contributed by atoms with van der Waals surface area (Å²) >= 11 is 1.76. The highest BCUT2D eigenvalue weighted by Gasteiger charge is 2.18. The first-order chi connectivity index (χ1) is 14.3. The molecule has 2 aromatic carbocycles. The summed E-state index contributed by atoms with van der Waals surface area (Å²) in [5, 5.41) is 2.86. The molecule has 0 aliphatic carbocycles. The van der Waals surface area contributed by atoms with E-state index in [1.807, 2.05) is 23.1 Å². The van der Waals surface area contributed by atoms with E-state index in [0.29, 0.717) is 6.54 Å². The fourth-order valence-electron chi connectivity index (χ4n) is 3.40. The first kappa shape index (κ1) is 24.0. The van der Waals surface area contributed by atoms with Crippen LogP contribution in [-0.4, -0.2) is 17.6 Å². The van der Waals surface area contributed by atoms with Crippen molar-refractivity contribution < 1.29 is 9.59 Å². The van der Waals surface area contributed by atoms with Crippen LogP contribution in [0.15, 0.2) is 41.3 Å². The van der Waals surface area contributed by atoms with Crippen molar-refractivity contribution in [2.45, 2.75) is 71.7 Å². The summed E-state index contributed by atoms with van der Waals surface area (Å²) in [4.78, 5) is 27.0. The van der Waals surface area contributed by atoms with E-state index < -0.39 is 0 Å². The fourth-order valence-corrected chi connectivity index (χ4v) is 4.51. The van der Waals surface area contributed by atoms with Gasteiger partial charge in [-0.05, 0) is 55.3 Å². The van der Waals surface area contributed by atoms with Crippen LogP contribution in [0.25, 0.3) is 0 Å². The quantitative estimate of drug-likeness (QED) is 0.349. The number of amides is 2. The Balaban J connectivity index is 2.32. The van der Waals surface area contributed by atoms with E-state index >= 15 is 0 Å². The first-order valence-corrected chi connectivity index (χ1v) is 11.7. The van der Waals surface area contributed by atoms with Crippen molar-refractivity contribution in [3.05, 3.63) is 53.1 Å². The highest BCUT2D eigenvalue weighted by molar-refractivity contribution is 7.99. The van der Waals surface area contributed by atoms with Gasteiger partial charge < -0.3 is 10.2 Å². The Morgan fingerprint density at radius 3 is 2.40 bits per heavy atom. The summed E-state index contributed by atoms with van der Waals surface area (Å²) in [6.07, 6.45) is 4.80. The van der Waals surface area contributed by atoms with Crippen LogP contribution in [0.3, 0.4) is 0 Å². The van der Waals surface area contributed by atoms with Gasteiger partial charge in [-0.2, -0.15) is 0 Å². The smallest absolute Gasteiger partial charge is 0.224 e. The summed E-state index contributed by atoms with van der Waals surface area (Å²) in [5.74, 6) is 0.904. The van der Waals surface area contributed by atoms with Gasteiger partial charge in [0.1, 0.15) is 0 Å². The molecule has 0 unspecified atom stereocenters. The van der Waals surface area contributed by atoms with Crippen molar-refractivity contribution in [3.8, 4) is 0 Å². The Morgan fingerprint density at radius 2 is 1.77 bits per heavy atom. The number of aryl methyl sites for hydroxylation is 2. The molecule has 0 aromatic heterocycles. The minimum atomic E-state index is -0.0969. The number of unbranched alkanes of at least 4 members (excludes halogenated alkanes) is 3. The van der Waals surface area contributed by atoms with Crippen molar-refractivity contribution in [1.29, 1.82) is 0 Å². The van der Waals surface area contributed by atoms with E-state index in [1.165, 1.54) is 37.3 Å². The number of nitrogens with zero attached hydrogens (tertiary/aromatic N) is 1. The summed E-state index contributed by atoms with van der Waals surface area (Å²) in [5.41, 5.74) is 5.20. The molecule has 0 fully saturated rings. The number of carbonyl (C=O) groups excluding carboxylic acids is 2. The Morgan fingerprint density at radius 1 is 1.00 bits per heavy atom. The van der Waals surface area contributed by atoms with Crippen LogP contribution in [0.5, 0.6) is 0 Å². The summed E-state index contributed by atoms with van der Waals surface area (Å²) in [6.45, 7) is 10.0. The number of thioether (sulfide) groups is 1. The van der Waals surface area contributed by atoms with E-state index in [2.05, 4.69) is 44.3 Å². The maximum atomic E-state index is 12.6. The van der Waals surface area contributed by atoms with Gasteiger partial charge in [0, 0.05) is 24.4 Å². The van der Waals surface area contributed by atoms with E-state index in [9.17, 15) is 9.59 Å². The summed E-state index contributed by atoms with van der Waals surface area (Å²) < 4.78 is 0. The molecule has 2 amide bonds. The number of carbonyl (C=O) groups is 2. The molecule has 0 heterocycles. The van der Waals surface area contributed by atoms with Gasteiger partial charge in [-0.1, -0.05) is 49.9 Å². The SMILES string of the molecule is CCCCCCSc1cc(NC(C)=O)ccc1N(Cc1ccc(C)cc1C)C(C)=O. The Labute approximate surface area is 185 Å². The summed E-state index contributed by atoms with van der Waals surface area (Å²) in [6, 6.07) is 12.1. The van der Waals surface area contributed by atoms with E-state index in [1.54, 1.807) is 18.7 Å². The molecule has 0 radical (unpaired) electrons. The van der Waals surface area contributed by atoms with Gasteiger partial charge >= 0.3 is 0 Å². The predicted molar refractivity (Wildman–Crippen MR) is 128 cm³/mol. The van der Waals surface area contributed by atoms with Gasteiger partial charge in [-0.15, -0.1) is 11.8 Å². The van der Waals surface area contributed by atoms with Crippen LogP contribution in [-0.2, 0) is 16.1 Å². The predicted octanol–water partition coefficient (Wildman–Crippen LogP) is 6.49. The standard InChI is InChI=1S/C25H34N2O2S/c1-6-7-8-9-14-30-25-16-23(26-20(4)28)12-13-24(25)27(21(5)29)17-22-11-10-18(2)15-19(22)3/h10-13,15-16H,6-9,14,17H2,1-5H3,(H,26,28). The molecule has 0 saturated carbocycles. The topological polar surface area (TPSA) is 49.4 Å². The number of benzene rings is 2. The third-order valence-corrected chi connectivity index (χ3v) is 6.16. The lowest BCUT2D eigenvalue weighted by Crippen LogP contribution is -2.28. The average Bonchev–Trinajstić information content (AvgIpc) is 2.67. The first-order valence-electron chi connectivity index (χ1n) is 10.7. The monoisotopic (exact) mass is 426 g/mol. The van der Waals surface area contributed by atoms with Gasteiger partial charge in [0.25, 0.3) is 0 Å². The zero-order chi connectivity index (χ0) is 22.1. The third kappa shape index (κ3) is 7.21. The maximum Gasteiger partial charge on any atom is 0.224 e. The normalized spacial score (nSPS) is 10.7. The van der Waals surface area contributed by atoms with Gasteiger partial charge in [0.05, 0.1) is 12.2 Å². The lowest BCUT2D eigenvalue weighted by atomic mass is 10.0. The molecule has 0 aliphatic heterocycles. The van der Waals surface area contributed by atoms with Gasteiger partial charge in [0.2, 0.25) is 11.8 Å². The van der Waals surface area contributed by atoms with Crippen LogP contribution >= 0.6 is 11.8 Å². The molecule has 2 aromatic rings. The van der Waals surface area contributed by atoms with Crippen LogP contribution in [0.2, 0.25) is 0 Å². The molecule has 5 heteroatoms. The van der Waals surface area contributed by atoms with Crippen LogP contribution < -0.4 is 10.2 Å². The van der Waals surface area contributed by atoms with Crippen molar-refractivity contribution in [1.82, 2.24) is 0 Å². The van der Waals surface area contributed by atoms with E-state index in [-0.39, 0.29) is 11.8 Å². The molecule has 1 N–H and O–H groups in total. The number of rotatable bonds is 10. The van der Waals surface area contributed by atoms with Crippen molar-refractivity contribution >= 4 is 35.0 Å². The van der Waals surface area contributed by atoms with Crippen molar-refractivity contribution in [2.75, 3.05) is 16.0 Å². The molecule has 4 nitrogen and oxygen atoms in total. The Hall–Kier alpha value is -2.27. The third-order valence-electron chi connectivity index (χ3n) is 5.03. The molecule has 162 valence electrons. The minimum Gasteiger partial charge on any atom is -0.326 e. The number of hydrogen-bond donors (Lipinski definition) is 1. The van der Waals surface area contributed by atoms with Gasteiger partial charge in [0.15, 0.2) is 0 Å². The van der Waals surface area contributed by atoms with Crippen LogP contribution in [0.4, 0.5) is 11.4 Å². The Bertz CT molecular complexity index is 879. The maximum absolute atomic E-state index is 12.6. The lowest BCUT2D eigenvalue weighted by molar-refractivity contribution is -0.117. The number of hydrogen-bond acceptors (Lipinski definition) is 3. The van der Waals surface area contributed by atoms with E-state index in [0.717, 1.165) is 34.0 Å². The van der Waals surface area contributed by atoms with E-state index in [4.69, 9.17) is 0 Å². The fraction of sp³-hybridized carbons (Fsp3) is 0.440. The Kier molecular flexibility index (Phi) is 9.44. The van der Waals surface area contributed by atoms with Crippen LogP contribution in [0.1, 0.15) is 63.1 Å². The molecule has 0 aliphatic rings. The second-order valence-corrected chi connectivity index (χ2v) is 8.94. The second kappa shape index (κ2) is 11.8. The number of anilines is 2. The molecule has 2 rings (SSSR count). The largest absolute Gasteiger partial charge is 0.326 e. The van der Waals surface area contributed by atoms with Crippen molar-refractivity contribution in [2.24, 2.45) is 0 Å². The highest BCUT2D eigenvalue weighted by atomic mass is 32.2. The average molecular weight is 427 g/mol. The molecule has 0 atom stereocenters.